The van der Waals surface area contributed by atoms with Gasteiger partial charge < -0.3 is 25.6 Å². The van der Waals surface area contributed by atoms with Gasteiger partial charge >= 0.3 is 13.6 Å². The molecule has 124 valence electrons. The zero-order valence-electron chi connectivity index (χ0n) is 12.4. The van der Waals surface area contributed by atoms with Crippen molar-refractivity contribution in [3.05, 3.63) is 0 Å². The van der Waals surface area contributed by atoms with Gasteiger partial charge in [0.25, 0.3) is 0 Å². The van der Waals surface area contributed by atoms with Crippen molar-refractivity contribution in [1.29, 1.82) is 0 Å². The van der Waals surface area contributed by atoms with Crippen LogP contribution in [-0.2, 0) is 18.7 Å². The predicted molar refractivity (Wildman–Crippen MR) is 77.8 cm³/mol. The Morgan fingerprint density at radius 2 is 2.00 bits per heavy atom. The monoisotopic (exact) mass is 324 g/mol. The first-order valence-electron chi connectivity index (χ1n) is 6.99. The van der Waals surface area contributed by atoms with Crippen LogP contribution in [0.15, 0.2) is 0 Å². The van der Waals surface area contributed by atoms with Crippen LogP contribution in [0.3, 0.4) is 0 Å². The second-order valence-electron chi connectivity index (χ2n) is 4.73. The number of nitrogens with two attached hydrogens (primary N) is 1. The van der Waals surface area contributed by atoms with E-state index in [1.807, 2.05) is 6.92 Å². The molecule has 9 heteroatoms. The van der Waals surface area contributed by atoms with Crippen molar-refractivity contribution in [3.8, 4) is 0 Å². The van der Waals surface area contributed by atoms with E-state index in [2.05, 4.69) is 5.32 Å². The van der Waals surface area contributed by atoms with Gasteiger partial charge in [0.15, 0.2) is 0 Å². The van der Waals surface area contributed by atoms with Crippen LogP contribution in [0.1, 0.15) is 46.0 Å². The lowest BCUT2D eigenvalue weighted by Crippen LogP contribution is -2.37. The van der Waals surface area contributed by atoms with Crippen molar-refractivity contribution in [1.82, 2.24) is 5.32 Å². The van der Waals surface area contributed by atoms with Gasteiger partial charge in [-0.05, 0) is 19.3 Å². The molecule has 0 saturated heterocycles. The number of nitrogens with one attached hydrogen (secondary N) is 1. The minimum atomic E-state index is -3.93. The molecular formula is C12H25N2O6P. The lowest BCUT2D eigenvalue weighted by molar-refractivity contribution is -0.138. The Balaban J connectivity index is 4.37. The lowest BCUT2D eigenvalue weighted by atomic mass is 10.1. The first kappa shape index (κ1) is 20.1. The lowest BCUT2D eigenvalue weighted by Gasteiger charge is -2.22. The molecule has 0 aromatic carbocycles. The van der Waals surface area contributed by atoms with Crippen LogP contribution in [-0.4, -0.2) is 40.3 Å². The van der Waals surface area contributed by atoms with E-state index in [1.54, 1.807) is 6.92 Å². The van der Waals surface area contributed by atoms with Crippen LogP contribution < -0.4 is 11.1 Å². The van der Waals surface area contributed by atoms with Gasteiger partial charge in [-0.3, -0.25) is 14.2 Å². The Bertz CT molecular complexity index is 390. The largest absolute Gasteiger partial charge is 0.480 e. The number of aliphatic carboxylic acids is 1. The molecule has 0 saturated carbocycles. The zero-order valence-corrected chi connectivity index (χ0v) is 13.3. The summed E-state index contributed by atoms with van der Waals surface area (Å²) in [7, 11) is -3.93. The minimum absolute atomic E-state index is 0.0377. The fourth-order valence-corrected chi connectivity index (χ4v) is 2.85. The summed E-state index contributed by atoms with van der Waals surface area (Å²) in [6.07, 6.45) is 1.55. The Kier molecular flexibility index (Phi) is 9.44. The summed E-state index contributed by atoms with van der Waals surface area (Å²) in [6, 6.07) is -1.13. The second kappa shape index (κ2) is 9.89. The van der Waals surface area contributed by atoms with E-state index in [-0.39, 0.29) is 25.9 Å². The summed E-state index contributed by atoms with van der Waals surface area (Å²) < 4.78 is 17.0. The van der Waals surface area contributed by atoms with Crippen molar-refractivity contribution in [2.75, 3.05) is 6.61 Å². The molecule has 0 aliphatic rings. The molecule has 3 atom stereocenters. The number of carboxylic acid groups (broad SMARTS) is 1. The molecule has 8 nitrogen and oxygen atoms in total. The number of carboxylic acids is 1. The molecule has 2 unspecified atom stereocenters. The molecule has 0 radical (unpaired) electrons. The summed E-state index contributed by atoms with van der Waals surface area (Å²) in [6.45, 7) is 3.73. The highest BCUT2D eigenvalue weighted by Crippen LogP contribution is 2.47. The van der Waals surface area contributed by atoms with E-state index in [0.717, 1.165) is 6.42 Å². The van der Waals surface area contributed by atoms with E-state index in [4.69, 9.17) is 15.4 Å². The number of carbonyl (C=O) groups excluding carboxylic acids is 1. The van der Waals surface area contributed by atoms with Crippen LogP contribution >= 0.6 is 7.60 Å². The SMILES string of the molecule is CCCCOP(=O)(O)C(CC)NC(=O)CC[C@H](N)C(=O)O. The number of hydrogen-bond donors (Lipinski definition) is 4. The first-order chi connectivity index (χ1) is 9.74. The van der Waals surface area contributed by atoms with E-state index < -0.39 is 31.3 Å². The van der Waals surface area contributed by atoms with Gasteiger partial charge in [-0.1, -0.05) is 20.3 Å². The Morgan fingerprint density at radius 3 is 2.48 bits per heavy atom. The maximum atomic E-state index is 12.0. The van der Waals surface area contributed by atoms with Crippen LogP contribution in [0.4, 0.5) is 0 Å². The van der Waals surface area contributed by atoms with Crippen LogP contribution in [0.2, 0.25) is 0 Å². The van der Waals surface area contributed by atoms with Gasteiger partial charge in [-0.15, -0.1) is 0 Å². The molecule has 0 fully saturated rings. The Hall–Kier alpha value is -0.950. The summed E-state index contributed by atoms with van der Waals surface area (Å²) >= 11 is 0. The molecule has 5 N–H and O–H groups in total. The fraction of sp³-hybridized carbons (Fsp3) is 0.833. The highest BCUT2D eigenvalue weighted by Gasteiger charge is 2.32. The molecule has 0 heterocycles. The maximum absolute atomic E-state index is 12.0. The van der Waals surface area contributed by atoms with Crippen LogP contribution in [0.25, 0.3) is 0 Å². The summed E-state index contributed by atoms with van der Waals surface area (Å²) in [5, 5.41) is 11.0. The van der Waals surface area contributed by atoms with E-state index in [0.29, 0.717) is 6.42 Å². The topological polar surface area (TPSA) is 139 Å². The molecule has 0 bridgehead atoms. The molecule has 0 aliphatic heterocycles. The van der Waals surface area contributed by atoms with Gasteiger partial charge in [0.05, 0.1) is 6.61 Å². The van der Waals surface area contributed by atoms with Crippen molar-refractivity contribution in [2.45, 2.75) is 57.8 Å². The van der Waals surface area contributed by atoms with Crippen LogP contribution in [0, 0.1) is 0 Å². The number of amides is 1. The highest BCUT2D eigenvalue weighted by atomic mass is 31.2. The van der Waals surface area contributed by atoms with Gasteiger partial charge in [0.2, 0.25) is 5.91 Å². The number of rotatable bonds is 11. The van der Waals surface area contributed by atoms with Crippen molar-refractivity contribution >= 4 is 19.5 Å². The molecule has 0 aliphatic carbocycles. The fourth-order valence-electron chi connectivity index (χ4n) is 1.51. The average Bonchev–Trinajstić information content (AvgIpc) is 2.41. The molecule has 0 rings (SSSR count). The summed E-state index contributed by atoms with van der Waals surface area (Å²) in [5.41, 5.74) is 5.29. The zero-order chi connectivity index (χ0) is 16.5. The number of hydrogen-bond acceptors (Lipinski definition) is 5. The normalized spacial score (nSPS) is 16.8. The smallest absolute Gasteiger partial charge is 0.350 e. The Morgan fingerprint density at radius 1 is 1.38 bits per heavy atom. The first-order valence-corrected chi connectivity index (χ1v) is 8.64. The second-order valence-corrected chi connectivity index (χ2v) is 6.74. The van der Waals surface area contributed by atoms with Gasteiger partial charge in [0.1, 0.15) is 11.8 Å². The molecule has 0 aromatic heterocycles. The van der Waals surface area contributed by atoms with Crippen molar-refractivity contribution in [2.24, 2.45) is 5.73 Å². The van der Waals surface area contributed by atoms with E-state index in [9.17, 15) is 19.0 Å². The highest BCUT2D eigenvalue weighted by molar-refractivity contribution is 7.53. The van der Waals surface area contributed by atoms with Gasteiger partial charge in [0, 0.05) is 6.42 Å². The third-order valence-corrected chi connectivity index (χ3v) is 4.72. The quantitative estimate of drug-likeness (QED) is 0.329. The number of unbranched alkanes of at least 4 members (excludes halogenated alkanes) is 1. The molecule has 0 spiro atoms. The predicted octanol–water partition coefficient (Wildman–Crippen LogP) is 1.03. The summed E-state index contributed by atoms with van der Waals surface area (Å²) in [5.74, 6) is -2.71. The van der Waals surface area contributed by atoms with E-state index >= 15 is 0 Å². The molecule has 0 aromatic rings. The molecule has 21 heavy (non-hydrogen) atoms. The third-order valence-electron chi connectivity index (χ3n) is 2.88. The number of carbonyl (C=O) groups is 2. The van der Waals surface area contributed by atoms with E-state index in [1.165, 1.54) is 0 Å². The van der Waals surface area contributed by atoms with Crippen molar-refractivity contribution in [3.63, 3.8) is 0 Å². The average molecular weight is 324 g/mol. The third kappa shape index (κ3) is 8.16. The van der Waals surface area contributed by atoms with Crippen molar-refractivity contribution < 1.29 is 28.7 Å². The van der Waals surface area contributed by atoms with Gasteiger partial charge in [-0.2, -0.15) is 0 Å². The maximum Gasteiger partial charge on any atom is 0.350 e. The Labute approximate surface area is 124 Å². The van der Waals surface area contributed by atoms with Gasteiger partial charge in [-0.25, -0.2) is 0 Å². The van der Waals surface area contributed by atoms with Crippen LogP contribution in [0.5, 0.6) is 0 Å². The standard InChI is InChI=1S/C12H25N2O6P/c1-3-5-8-20-21(18,19)11(4-2)14-10(15)7-6-9(13)12(16)17/h9,11H,3-8,13H2,1-2H3,(H,14,15)(H,16,17)(H,18,19)/t9-,11?/m0/s1. The molecular weight excluding hydrogens is 299 g/mol. The minimum Gasteiger partial charge on any atom is -0.480 e. The molecule has 1 amide bonds. The summed E-state index contributed by atoms with van der Waals surface area (Å²) in [4.78, 5) is 32.0.